The monoisotopic (exact) mass is 566 g/mol. The Kier molecular flexibility index (Phi) is 12.3. The van der Waals surface area contributed by atoms with Gasteiger partial charge < -0.3 is 0 Å². The van der Waals surface area contributed by atoms with Crippen LogP contribution in [0.4, 0.5) is 0 Å². The van der Waals surface area contributed by atoms with Gasteiger partial charge in [-0.1, -0.05) is 21.6 Å². The second-order valence-electron chi connectivity index (χ2n) is 7.27. The number of thioether (sulfide) groups is 8. The van der Waals surface area contributed by atoms with Crippen LogP contribution in [0.5, 0.6) is 0 Å². The highest BCUT2D eigenvalue weighted by molar-refractivity contribution is 8.80. The molecule has 0 saturated carbocycles. The molecule has 0 aromatic rings. The fourth-order valence-electron chi connectivity index (χ4n) is 2.32. The van der Waals surface area contributed by atoms with E-state index in [1.165, 1.54) is 70.4 Å². The van der Waals surface area contributed by atoms with E-state index in [0.29, 0.717) is 0 Å². The third kappa shape index (κ3) is 12.1. The fraction of sp³-hybridized carbons (Fsp3) is 1.00. The first kappa shape index (κ1) is 24.6. The van der Waals surface area contributed by atoms with Gasteiger partial charge in [-0.15, -0.1) is 23.5 Å². The molecular formula is C18H30S10. The third-order valence-corrected chi connectivity index (χ3v) is 18.7. The van der Waals surface area contributed by atoms with Gasteiger partial charge in [0.05, 0.1) is 9.16 Å². The lowest BCUT2D eigenvalue weighted by Crippen LogP contribution is -2.06. The highest BCUT2D eigenvalue weighted by Crippen LogP contribution is 2.47. The molecule has 0 aromatic heterocycles. The molecule has 6 atom stereocenters. The van der Waals surface area contributed by atoms with Crippen LogP contribution in [0.25, 0.3) is 0 Å². The lowest BCUT2D eigenvalue weighted by Gasteiger charge is -2.20. The number of hydrogen-bond acceptors (Lipinski definition) is 10. The molecule has 4 aliphatic rings. The van der Waals surface area contributed by atoms with E-state index >= 15 is 0 Å². The van der Waals surface area contributed by atoms with E-state index in [1.807, 2.05) is 0 Å². The summed E-state index contributed by atoms with van der Waals surface area (Å²) in [5.74, 6) is 14.0. The smallest absolute Gasteiger partial charge is 0.0614 e. The summed E-state index contributed by atoms with van der Waals surface area (Å²) in [6.07, 6.45) is 2.79. The van der Waals surface area contributed by atoms with E-state index in [0.717, 1.165) is 30.2 Å². The van der Waals surface area contributed by atoms with Crippen molar-refractivity contribution in [2.45, 2.75) is 43.0 Å². The van der Waals surface area contributed by atoms with Crippen LogP contribution in [0.15, 0.2) is 0 Å². The van der Waals surface area contributed by atoms with Crippen LogP contribution in [-0.4, -0.2) is 87.7 Å². The van der Waals surface area contributed by atoms with Gasteiger partial charge in [-0.3, -0.25) is 0 Å². The van der Waals surface area contributed by atoms with Crippen LogP contribution in [0.2, 0.25) is 0 Å². The number of rotatable bonds is 19. The first-order valence-corrected chi connectivity index (χ1v) is 20.9. The van der Waals surface area contributed by atoms with Crippen molar-refractivity contribution in [2.24, 2.45) is 0 Å². The van der Waals surface area contributed by atoms with Gasteiger partial charge in [0.15, 0.2) is 0 Å². The van der Waals surface area contributed by atoms with Gasteiger partial charge in [-0.2, -0.15) is 70.6 Å². The summed E-state index contributed by atoms with van der Waals surface area (Å²) in [7, 11) is 4.47. The second-order valence-corrected chi connectivity index (χ2v) is 20.6. The quantitative estimate of drug-likeness (QED) is 0.0678. The minimum atomic E-state index is 0.805. The standard InChI is InChI=1S/C18H30S10/c1(3-19-5-13-7-21-13)17(25-11-15-9-23-15)27-28-18(26-12-16-10-24-16)2-4-20-6-14-8-22-14/h13-18H,1-12H2. The highest BCUT2D eigenvalue weighted by atomic mass is 33.1. The van der Waals surface area contributed by atoms with Gasteiger partial charge >= 0.3 is 0 Å². The third-order valence-electron chi connectivity index (χ3n) is 4.42. The van der Waals surface area contributed by atoms with Crippen LogP contribution >= 0.6 is 116 Å². The van der Waals surface area contributed by atoms with Crippen molar-refractivity contribution >= 4 is 116 Å². The minimum Gasteiger partial charge on any atom is -0.161 e. The predicted octanol–water partition coefficient (Wildman–Crippen LogP) is 7.19. The Morgan fingerprint density at radius 1 is 0.571 bits per heavy atom. The maximum Gasteiger partial charge on any atom is 0.0614 e. The fourth-order valence-corrected chi connectivity index (χ4v) is 15.4. The van der Waals surface area contributed by atoms with Crippen molar-refractivity contribution in [3.63, 3.8) is 0 Å². The molecule has 0 amide bonds. The SMILES string of the molecule is C(CC(SCC1CS1)SSC(CCSCC1CS1)SCC1CS1)SCC1CS1. The van der Waals surface area contributed by atoms with Crippen molar-refractivity contribution in [1.29, 1.82) is 0 Å². The molecule has 6 unspecified atom stereocenters. The van der Waals surface area contributed by atoms with Gasteiger partial charge in [0, 0.05) is 67.0 Å². The molecule has 4 aliphatic heterocycles. The topological polar surface area (TPSA) is 0 Å². The molecule has 162 valence electrons. The Morgan fingerprint density at radius 3 is 1.29 bits per heavy atom. The molecule has 0 aromatic carbocycles. The Labute approximate surface area is 214 Å². The lowest BCUT2D eigenvalue weighted by molar-refractivity contribution is 1.06. The van der Waals surface area contributed by atoms with Crippen molar-refractivity contribution in [3.05, 3.63) is 0 Å². The average molecular weight is 567 g/mol. The summed E-state index contributed by atoms with van der Waals surface area (Å²) in [6.45, 7) is 0. The van der Waals surface area contributed by atoms with E-state index < -0.39 is 0 Å². The maximum atomic E-state index is 2.27. The summed E-state index contributed by atoms with van der Waals surface area (Å²) in [6, 6.07) is 0. The molecule has 0 spiro atoms. The molecule has 4 saturated heterocycles. The largest absolute Gasteiger partial charge is 0.161 e. The van der Waals surface area contributed by atoms with Crippen molar-refractivity contribution in [2.75, 3.05) is 57.5 Å². The Morgan fingerprint density at radius 2 is 0.929 bits per heavy atom. The van der Waals surface area contributed by atoms with Crippen molar-refractivity contribution in [3.8, 4) is 0 Å². The van der Waals surface area contributed by atoms with Crippen LogP contribution in [0.3, 0.4) is 0 Å². The van der Waals surface area contributed by atoms with Crippen molar-refractivity contribution in [1.82, 2.24) is 0 Å². The molecule has 0 radical (unpaired) electrons. The molecule has 0 N–H and O–H groups in total. The van der Waals surface area contributed by atoms with Crippen LogP contribution in [0.1, 0.15) is 12.8 Å². The van der Waals surface area contributed by atoms with Crippen LogP contribution in [0, 0.1) is 0 Å². The van der Waals surface area contributed by atoms with Crippen molar-refractivity contribution < 1.29 is 0 Å². The highest BCUT2D eigenvalue weighted by Gasteiger charge is 2.27. The zero-order valence-corrected chi connectivity index (χ0v) is 24.2. The summed E-state index contributed by atoms with van der Waals surface area (Å²) < 4.78 is 1.61. The summed E-state index contributed by atoms with van der Waals surface area (Å²) in [4.78, 5) is 0. The summed E-state index contributed by atoms with van der Waals surface area (Å²) in [5, 5.41) is 3.94. The lowest BCUT2D eigenvalue weighted by atomic mass is 10.6. The first-order chi connectivity index (χ1) is 13.8. The first-order valence-electron chi connectivity index (χ1n) is 10.0. The van der Waals surface area contributed by atoms with Crippen LogP contribution in [-0.2, 0) is 0 Å². The Hall–Kier alpha value is 3.50. The molecule has 4 heterocycles. The summed E-state index contributed by atoms with van der Waals surface area (Å²) in [5.41, 5.74) is 0. The number of hydrogen-bond donors (Lipinski definition) is 0. The molecule has 0 bridgehead atoms. The van der Waals surface area contributed by atoms with Crippen LogP contribution < -0.4 is 0 Å². The molecule has 28 heavy (non-hydrogen) atoms. The Balaban J connectivity index is 1.13. The zero-order valence-electron chi connectivity index (χ0n) is 16.0. The summed E-state index contributed by atoms with van der Waals surface area (Å²) >= 11 is 17.6. The van der Waals surface area contributed by atoms with Gasteiger partial charge in [0.1, 0.15) is 0 Å². The molecule has 0 nitrogen and oxygen atoms in total. The van der Waals surface area contributed by atoms with E-state index in [4.69, 9.17) is 0 Å². The van der Waals surface area contributed by atoms with E-state index in [1.54, 1.807) is 0 Å². The molecular weight excluding hydrogens is 537 g/mol. The van der Waals surface area contributed by atoms with E-state index in [2.05, 4.69) is 116 Å². The molecule has 4 fully saturated rings. The second kappa shape index (κ2) is 14.0. The molecule has 10 heteroatoms. The Bertz CT molecular complexity index is 396. The van der Waals surface area contributed by atoms with Gasteiger partial charge in [0.2, 0.25) is 0 Å². The normalized spacial score (nSPS) is 32.1. The van der Waals surface area contributed by atoms with Gasteiger partial charge in [0.25, 0.3) is 0 Å². The maximum absolute atomic E-state index is 2.27. The van der Waals surface area contributed by atoms with E-state index in [-0.39, 0.29) is 0 Å². The zero-order chi connectivity index (χ0) is 19.0. The molecule has 4 rings (SSSR count). The van der Waals surface area contributed by atoms with Gasteiger partial charge in [-0.25, -0.2) is 0 Å². The van der Waals surface area contributed by atoms with Gasteiger partial charge in [-0.05, 0) is 24.3 Å². The molecule has 0 aliphatic carbocycles. The minimum absolute atomic E-state index is 0.805. The average Bonchev–Trinajstić information content (AvgIpc) is 3.57. The predicted molar refractivity (Wildman–Crippen MR) is 157 cm³/mol. The van der Waals surface area contributed by atoms with E-state index in [9.17, 15) is 0 Å².